The van der Waals surface area contributed by atoms with Crippen LogP contribution in [0.3, 0.4) is 0 Å². The number of nitrogens with two attached hydrogens (primary N) is 1. The smallest absolute Gasteiger partial charge is 0.148 e. The molecule has 0 fully saturated rings. The number of anilines is 1. The van der Waals surface area contributed by atoms with E-state index in [9.17, 15) is 0 Å². The van der Waals surface area contributed by atoms with Crippen LogP contribution in [0.15, 0.2) is 6.33 Å². The molecule has 2 rings (SSSR count). The summed E-state index contributed by atoms with van der Waals surface area (Å²) in [5.41, 5.74) is 5.60. The number of nitrogens with zero attached hydrogens (tertiary/aromatic N) is 4. The topological polar surface area (TPSA) is 81.6 Å². The van der Waals surface area contributed by atoms with Gasteiger partial charge in [-0.1, -0.05) is 6.92 Å². The van der Waals surface area contributed by atoms with Crippen molar-refractivity contribution in [3.05, 3.63) is 29.1 Å². The summed E-state index contributed by atoms with van der Waals surface area (Å²) in [5, 5.41) is 0. The maximum absolute atomic E-state index is 5.50. The van der Waals surface area contributed by atoms with Crippen LogP contribution < -0.4 is 11.3 Å². The molecule has 0 unspecified atom stereocenters. The molecule has 2 aromatic rings. The lowest BCUT2D eigenvalue weighted by atomic mass is 10.2. The van der Waals surface area contributed by atoms with Gasteiger partial charge in [-0.05, 0) is 20.8 Å². The summed E-state index contributed by atoms with van der Waals surface area (Å²) in [7, 11) is 0. The van der Waals surface area contributed by atoms with Crippen LogP contribution >= 0.6 is 0 Å². The zero-order valence-electron chi connectivity index (χ0n) is 11.2. The molecule has 0 saturated carbocycles. The average Bonchev–Trinajstić information content (AvgIpc) is 2.70. The summed E-state index contributed by atoms with van der Waals surface area (Å²) in [6, 6.07) is 0. The van der Waals surface area contributed by atoms with Crippen LogP contribution in [0.4, 0.5) is 5.82 Å². The highest BCUT2D eigenvalue weighted by molar-refractivity contribution is 5.51. The molecule has 2 heterocycles. The molecule has 0 spiro atoms. The molecule has 0 aliphatic rings. The molecule has 6 heteroatoms. The van der Waals surface area contributed by atoms with Crippen molar-refractivity contribution in [2.24, 2.45) is 5.84 Å². The second-order valence-electron chi connectivity index (χ2n) is 4.22. The molecule has 2 aromatic heterocycles. The Morgan fingerprint density at radius 2 is 2.00 bits per heavy atom. The fourth-order valence-electron chi connectivity index (χ4n) is 1.80. The number of imidazole rings is 1. The van der Waals surface area contributed by atoms with Crippen molar-refractivity contribution in [1.29, 1.82) is 0 Å². The standard InChI is InChI=1S/C12H18N6/c1-5-10-15-11(17-13)7(2)12(16-10)18-6-14-8(3)9(18)4/h6H,5,13H2,1-4H3,(H,15,16,17). The van der Waals surface area contributed by atoms with Gasteiger partial charge in [0.25, 0.3) is 0 Å². The monoisotopic (exact) mass is 246 g/mol. The Bertz CT molecular complexity index is 572. The van der Waals surface area contributed by atoms with Crippen LogP contribution in [0.5, 0.6) is 0 Å². The first-order valence-electron chi connectivity index (χ1n) is 5.93. The van der Waals surface area contributed by atoms with E-state index in [1.165, 1.54) is 0 Å². The lowest BCUT2D eigenvalue weighted by Gasteiger charge is -2.13. The van der Waals surface area contributed by atoms with Gasteiger partial charge >= 0.3 is 0 Å². The van der Waals surface area contributed by atoms with Gasteiger partial charge < -0.3 is 5.43 Å². The fourth-order valence-corrected chi connectivity index (χ4v) is 1.80. The molecule has 96 valence electrons. The predicted molar refractivity (Wildman–Crippen MR) is 70.6 cm³/mol. The van der Waals surface area contributed by atoms with Gasteiger partial charge in [0.15, 0.2) is 0 Å². The van der Waals surface area contributed by atoms with E-state index >= 15 is 0 Å². The number of hydrogen-bond donors (Lipinski definition) is 2. The second kappa shape index (κ2) is 4.73. The van der Waals surface area contributed by atoms with Crippen LogP contribution in [0.25, 0.3) is 5.82 Å². The lowest BCUT2D eigenvalue weighted by Crippen LogP contribution is -2.15. The molecule has 0 radical (unpaired) electrons. The van der Waals surface area contributed by atoms with Crippen LogP contribution in [0.1, 0.15) is 29.7 Å². The highest BCUT2D eigenvalue weighted by Crippen LogP contribution is 2.20. The molecule has 0 aromatic carbocycles. The van der Waals surface area contributed by atoms with Gasteiger partial charge in [0.05, 0.1) is 5.69 Å². The minimum absolute atomic E-state index is 0.655. The highest BCUT2D eigenvalue weighted by Gasteiger charge is 2.13. The summed E-state index contributed by atoms with van der Waals surface area (Å²) in [5.74, 6) is 7.74. The Morgan fingerprint density at radius 1 is 1.28 bits per heavy atom. The van der Waals surface area contributed by atoms with Gasteiger partial charge in [-0.25, -0.2) is 20.8 Å². The molecular weight excluding hydrogens is 228 g/mol. The van der Waals surface area contributed by atoms with Crippen molar-refractivity contribution in [2.75, 3.05) is 5.43 Å². The second-order valence-corrected chi connectivity index (χ2v) is 4.22. The predicted octanol–water partition coefficient (Wildman–Crippen LogP) is 1.44. The zero-order chi connectivity index (χ0) is 13.3. The van der Waals surface area contributed by atoms with Crippen molar-refractivity contribution in [2.45, 2.75) is 34.1 Å². The zero-order valence-corrected chi connectivity index (χ0v) is 11.2. The van der Waals surface area contributed by atoms with Crippen molar-refractivity contribution in [3.63, 3.8) is 0 Å². The fraction of sp³-hybridized carbons (Fsp3) is 0.417. The van der Waals surface area contributed by atoms with E-state index in [1.54, 1.807) is 6.33 Å². The largest absolute Gasteiger partial charge is 0.308 e. The molecule has 3 N–H and O–H groups in total. The van der Waals surface area contributed by atoms with Crippen molar-refractivity contribution in [1.82, 2.24) is 19.5 Å². The van der Waals surface area contributed by atoms with Gasteiger partial charge in [-0.2, -0.15) is 0 Å². The molecule has 0 amide bonds. The minimum Gasteiger partial charge on any atom is -0.308 e. The van der Waals surface area contributed by atoms with Crippen LogP contribution in [0, 0.1) is 20.8 Å². The van der Waals surface area contributed by atoms with Gasteiger partial charge in [0.1, 0.15) is 23.8 Å². The highest BCUT2D eigenvalue weighted by atomic mass is 15.3. The molecule has 0 aliphatic carbocycles. The molecular formula is C12H18N6. The molecule has 0 atom stereocenters. The van der Waals surface area contributed by atoms with Crippen LogP contribution in [-0.2, 0) is 6.42 Å². The number of nitrogens with one attached hydrogen (secondary N) is 1. The Hall–Kier alpha value is -1.95. The first-order chi connectivity index (χ1) is 8.58. The normalized spacial score (nSPS) is 10.7. The van der Waals surface area contributed by atoms with Crippen LogP contribution in [0.2, 0.25) is 0 Å². The first-order valence-corrected chi connectivity index (χ1v) is 5.93. The summed E-state index contributed by atoms with van der Waals surface area (Å²) >= 11 is 0. The number of hydrogen-bond acceptors (Lipinski definition) is 5. The quantitative estimate of drug-likeness (QED) is 0.632. The van der Waals surface area contributed by atoms with E-state index in [2.05, 4.69) is 20.4 Å². The lowest BCUT2D eigenvalue weighted by molar-refractivity contribution is 0.859. The Kier molecular flexibility index (Phi) is 3.29. The molecule has 0 aliphatic heterocycles. The maximum atomic E-state index is 5.50. The molecule has 6 nitrogen and oxygen atoms in total. The van der Waals surface area contributed by atoms with Gasteiger partial charge in [0, 0.05) is 17.7 Å². The van der Waals surface area contributed by atoms with Gasteiger partial charge in [0.2, 0.25) is 0 Å². The van der Waals surface area contributed by atoms with Crippen LogP contribution in [-0.4, -0.2) is 19.5 Å². The van der Waals surface area contributed by atoms with E-state index < -0.39 is 0 Å². The van der Waals surface area contributed by atoms with E-state index in [0.29, 0.717) is 5.82 Å². The molecule has 0 saturated heterocycles. The third kappa shape index (κ3) is 1.95. The van der Waals surface area contributed by atoms with Crippen molar-refractivity contribution < 1.29 is 0 Å². The Morgan fingerprint density at radius 3 is 2.50 bits per heavy atom. The average molecular weight is 246 g/mol. The third-order valence-electron chi connectivity index (χ3n) is 3.10. The number of nitrogen functional groups attached to an aromatic ring is 1. The summed E-state index contributed by atoms with van der Waals surface area (Å²) in [4.78, 5) is 13.2. The number of hydrazine groups is 1. The van der Waals surface area contributed by atoms with E-state index in [1.807, 2.05) is 32.3 Å². The summed E-state index contributed by atoms with van der Waals surface area (Å²) in [6.45, 7) is 7.95. The molecule has 18 heavy (non-hydrogen) atoms. The summed E-state index contributed by atoms with van der Waals surface area (Å²) in [6.07, 6.45) is 2.54. The Labute approximate surface area is 106 Å². The van der Waals surface area contributed by atoms with Gasteiger partial charge in [-0.15, -0.1) is 0 Å². The van der Waals surface area contributed by atoms with E-state index in [4.69, 9.17) is 5.84 Å². The summed E-state index contributed by atoms with van der Waals surface area (Å²) < 4.78 is 1.96. The third-order valence-corrected chi connectivity index (χ3v) is 3.10. The SMILES string of the molecule is CCc1nc(NN)c(C)c(-n2cnc(C)c2C)n1. The van der Waals surface area contributed by atoms with Crippen molar-refractivity contribution in [3.8, 4) is 5.82 Å². The Balaban J connectivity index is 2.66. The number of aryl methyl sites for hydroxylation is 2. The molecule has 0 bridgehead atoms. The maximum Gasteiger partial charge on any atom is 0.148 e. The number of aromatic nitrogens is 4. The first kappa shape index (κ1) is 12.5. The number of rotatable bonds is 3. The minimum atomic E-state index is 0.655. The van der Waals surface area contributed by atoms with Gasteiger partial charge in [-0.3, -0.25) is 4.57 Å². The van der Waals surface area contributed by atoms with E-state index in [-0.39, 0.29) is 0 Å². The van der Waals surface area contributed by atoms with Crippen molar-refractivity contribution >= 4 is 5.82 Å². The van der Waals surface area contributed by atoms with E-state index in [0.717, 1.165) is 35.0 Å².